The Balaban J connectivity index is 2.00. The van der Waals surface area contributed by atoms with E-state index < -0.39 is 0 Å². The molecule has 1 aliphatic heterocycles. The van der Waals surface area contributed by atoms with Crippen LogP contribution >= 0.6 is 15.9 Å². The molecule has 0 spiro atoms. The fraction of sp³-hybridized carbons (Fsp3) is 0.600. The first kappa shape index (κ1) is 14.0. The molecule has 1 saturated heterocycles. The maximum Gasteiger partial charge on any atom is 0.0576 e. The number of halogens is 1. The SMILES string of the molecule is CNC(CCC1CCCO1)c1cccc(Br)c1C. The van der Waals surface area contributed by atoms with Crippen LogP contribution in [0.2, 0.25) is 0 Å². The Kier molecular flexibility index (Phi) is 5.22. The monoisotopic (exact) mass is 311 g/mol. The molecule has 0 bridgehead atoms. The van der Waals surface area contributed by atoms with Crippen LogP contribution in [-0.4, -0.2) is 19.8 Å². The Labute approximate surface area is 118 Å². The molecule has 1 aromatic rings. The maximum atomic E-state index is 5.70. The molecule has 2 unspecified atom stereocenters. The Morgan fingerprint density at radius 1 is 1.50 bits per heavy atom. The molecule has 1 aromatic carbocycles. The number of hydrogen-bond donors (Lipinski definition) is 1. The van der Waals surface area contributed by atoms with E-state index in [2.05, 4.69) is 46.4 Å². The van der Waals surface area contributed by atoms with Gasteiger partial charge >= 0.3 is 0 Å². The van der Waals surface area contributed by atoms with Gasteiger partial charge in [0.05, 0.1) is 6.10 Å². The van der Waals surface area contributed by atoms with Gasteiger partial charge in [-0.15, -0.1) is 0 Å². The molecule has 3 heteroatoms. The smallest absolute Gasteiger partial charge is 0.0576 e. The van der Waals surface area contributed by atoms with Crippen molar-refractivity contribution < 1.29 is 4.74 Å². The molecule has 100 valence electrons. The molecule has 0 aromatic heterocycles. The minimum Gasteiger partial charge on any atom is -0.378 e. The average molecular weight is 312 g/mol. The third-order valence-electron chi connectivity index (χ3n) is 3.83. The Morgan fingerprint density at radius 3 is 3.00 bits per heavy atom. The molecule has 2 atom stereocenters. The second-order valence-electron chi connectivity index (χ2n) is 5.01. The highest BCUT2D eigenvalue weighted by Gasteiger charge is 2.19. The summed E-state index contributed by atoms with van der Waals surface area (Å²) in [6, 6.07) is 6.86. The summed E-state index contributed by atoms with van der Waals surface area (Å²) < 4.78 is 6.89. The van der Waals surface area contributed by atoms with E-state index in [0.717, 1.165) is 19.4 Å². The van der Waals surface area contributed by atoms with Crippen molar-refractivity contribution >= 4 is 15.9 Å². The lowest BCUT2D eigenvalue weighted by atomic mass is 9.96. The molecular weight excluding hydrogens is 290 g/mol. The molecule has 18 heavy (non-hydrogen) atoms. The first-order valence-corrected chi connectivity index (χ1v) is 7.55. The van der Waals surface area contributed by atoms with Gasteiger partial charge in [-0.2, -0.15) is 0 Å². The molecular formula is C15H22BrNO. The molecule has 0 amide bonds. The fourth-order valence-electron chi connectivity index (χ4n) is 2.68. The Hall–Kier alpha value is -0.380. The van der Waals surface area contributed by atoms with E-state index in [0.29, 0.717) is 12.1 Å². The molecule has 0 radical (unpaired) electrons. The lowest BCUT2D eigenvalue weighted by Gasteiger charge is -2.21. The van der Waals surface area contributed by atoms with E-state index in [4.69, 9.17) is 4.74 Å². The van der Waals surface area contributed by atoms with Crippen molar-refractivity contribution in [3.05, 3.63) is 33.8 Å². The van der Waals surface area contributed by atoms with Gasteiger partial charge in [0.1, 0.15) is 0 Å². The first-order valence-electron chi connectivity index (χ1n) is 6.76. The highest BCUT2D eigenvalue weighted by atomic mass is 79.9. The third kappa shape index (κ3) is 3.34. The van der Waals surface area contributed by atoms with Crippen LogP contribution in [0.5, 0.6) is 0 Å². The van der Waals surface area contributed by atoms with Gasteiger partial charge in [-0.25, -0.2) is 0 Å². The summed E-state index contributed by atoms with van der Waals surface area (Å²) in [5.74, 6) is 0. The van der Waals surface area contributed by atoms with Gasteiger partial charge in [0.15, 0.2) is 0 Å². The van der Waals surface area contributed by atoms with Crippen LogP contribution in [0.1, 0.15) is 42.9 Å². The van der Waals surface area contributed by atoms with E-state index in [9.17, 15) is 0 Å². The van der Waals surface area contributed by atoms with E-state index in [1.165, 1.54) is 28.4 Å². The first-order chi connectivity index (χ1) is 8.72. The van der Waals surface area contributed by atoms with E-state index in [1.54, 1.807) is 0 Å². The van der Waals surface area contributed by atoms with Crippen LogP contribution in [0.15, 0.2) is 22.7 Å². The van der Waals surface area contributed by atoms with Crippen LogP contribution in [0.4, 0.5) is 0 Å². The van der Waals surface area contributed by atoms with Crippen LogP contribution < -0.4 is 5.32 Å². The summed E-state index contributed by atoms with van der Waals surface area (Å²) in [7, 11) is 2.04. The molecule has 1 N–H and O–H groups in total. The number of ether oxygens (including phenoxy) is 1. The predicted molar refractivity (Wildman–Crippen MR) is 78.9 cm³/mol. The summed E-state index contributed by atoms with van der Waals surface area (Å²) in [5, 5.41) is 3.43. The van der Waals surface area contributed by atoms with Gasteiger partial charge in [-0.3, -0.25) is 0 Å². The van der Waals surface area contributed by atoms with Crippen molar-refractivity contribution in [3.63, 3.8) is 0 Å². The standard InChI is InChI=1S/C15H22BrNO/c1-11-13(6-3-7-14(11)16)15(17-2)9-8-12-5-4-10-18-12/h3,6-7,12,15,17H,4-5,8-10H2,1-2H3. The minimum absolute atomic E-state index is 0.423. The summed E-state index contributed by atoms with van der Waals surface area (Å²) in [6.07, 6.45) is 5.22. The molecule has 1 aliphatic rings. The van der Waals surface area contributed by atoms with E-state index in [-0.39, 0.29) is 0 Å². The van der Waals surface area contributed by atoms with Gasteiger partial charge in [0.2, 0.25) is 0 Å². The molecule has 2 nitrogen and oxygen atoms in total. The summed E-state index contributed by atoms with van der Waals surface area (Å²) >= 11 is 3.61. The fourth-order valence-corrected chi connectivity index (χ4v) is 3.06. The van der Waals surface area contributed by atoms with Crippen molar-refractivity contribution in [1.29, 1.82) is 0 Å². The van der Waals surface area contributed by atoms with Crippen molar-refractivity contribution in [2.45, 2.75) is 44.8 Å². The second kappa shape index (κ2) is 6.69. The largest absolute Gasteiger partial charge is 0.378 e. The topological polar surface area (TPSA) is 21.3 Å². The highest BCUT2D eigenvalue weighted by Crippen LogP contribution is 2.29. The lowest BCUT2D eigenvalue weighted by Crippen LogP contribution is -2.19. The zero-order valence-corrected chi connectivity index (χ0v) is 12.8. The lowest BCUT2D eigenvalue weighted by molar-refractivity contribution is 0.0998. The summed E-state index contributed by atoms with van der Waals surface area (Å²) in [6.45, 7) is 3.13. The van der Waals surface area contributed by atoms with Crippen LogP contribution in [-0.2, 0) is 4.74 Å². The summed E-state index contributed by atoms with van der Waals surface area (Å²) in [4.78, 5) is 0. The van der Waals surface area contributed by atoms with Crippen molar-refractivity contribution in [2.75, 3.05) is 13.7 Å². The number of rotatable bonds is 5. The minimum atomic E-state index is 0.423. The number of nitrogens with one attached hydrogen (secondary N) is 1. The Bertz CT molecular complexity index is 388. The summed E-state index contributed by atoms with van der Waals surface area (Å²) in [5.41, 5.74) is 2.73. The molecule has 1 fully saturated rings. The van der Waals surface area contributed by atoms with Crippen LogP contribution in [0.25, 0.3) is 0 Å². The van der Waals surface area contributed by atoms with E-state index >= 15 is 0 Å². The van der Waals surface area contributed by atoms with Gasteiger partial charge in [-0.1, -0.05) is 28.1 Å². The second-order valence-corrected chi connectivity index (χ2v) is 5.86. The van der Waals surface area contributed by atoms with Crippen LogP contribution in [0.3, 0.4) is 0 Å². The third-order valence-corrected chi connectivity index (χ3v) is 4.69. The zero-order chi connectivity index (χ0) is 13.0. The highest BCUT2D eigenvalue weighted by molar-refractivity contribution is 9.10. The molecule has 1 heterocycles. The quantitative estimate of drug-likeness (QED) is 0.888. The normalized spacial score (nSPS) is 21.2. The molecule has 0 aliphatic carbocycles. The maximum absolute atomic E-state index is 5.70. The van der Waals surface area contributed by atoms with Gasteiger partial charge < -0.3 is 10.1 Å². The van der Waals surface area contributed by atoms with Gasteiger partial charge in [0.25, 0.3) is 0 Å². The molecule has 2 rings (SSSR count). The van der Waals surface area contributed by atoms with E-state index in [1.807, 2.05) is 7.05 Å². The average Bonchev–Trinajstić information content (AvgIpc) is 2.88. The Morgan fingerprint density at radius 2 is 2.33 bits per heavy atom. The number of benzene rings is 1. The van der Waals surface area contributed by atoms with Gasteiger partial charge in [-0.05, 0) is 56.8 Å². The number of hydrogen-bond acceptors (Lipinski definition) is 2. The van der Waals surface area contributed by atoms with Crippen molar-refractivity contribution in [2.24, 2.45) is 0 Å². The van der Waals surface area contributed by atoms with Crippen molar-refractivity contribution in [3.8, 4) is 0 Å². The van der Waals surface area contributed by atoms with Crippen molar-refractivity contribution in [1.82, 2.24) is 5.32 Å². The molecule has 0 saturated carbocycles. The van der Waals surface area contributed by atoms with Crippen LogP contribution in [0, 0.1) is 6.92 Å². The predicted octanol–water partition coefficient (Wildman–Crippen LogP) is 3.98. The van der Waals surface area contributed by atoms with Gasteiger partial charge in [0, 0.05) is 17.1 Å². The zero-order valence-electron chi connectivity index (χ0n) is 11.2.